The molecule has 0 radical (unpaired) electrons. The van der Waals surface area contributed by atoms with Gasteiger partial charge in [0, 0.05) is 29.9 Å². The van der Waals surface area contributed by atoms with E-state index < -0.39 is 0 Å². The Bertz CT molecular complexity index is 1390. The largest absolute Gasteiger partial charge is 0.294 e. The van der Waals surface area contributed by atoms with Crippen LogP contribution in [0.2, 0.25) is 0 Å². The molecule has 5 aromatic rings. The van der Waals surface area contributed by atoms with E-state index in [0.717, 1.165) is 52.9 Å². The molecule has 0 aliphatic carbocycles. The number of unbranched alkanes of at least 4 members (excludes halogenated alkanes) is 1. The summed E-state index contributed by atoms with van der Waals surface area (Å²) in [6.07, 6.45) is 8.75. The van der Waals surface area contributed by atoms with Crippen molar-refractivity contribution in [1.29, 1.82) is 0 Å². The highest BCUT2D eigenvalue weighted by Gasteiger charge is 2.12. The third-order valence-electron chi connectivity index (χ3n) is 6.08. The highest BCUT2D eigenvalue weighted by atomic mass is 16.1. The van der Waals surface area contributed by atoms with Crippen molar-refractivity contribution in [2.75, 3.05) is 0 Å². The molecule has 0 atom stereocenters. The van der Waals surface area contributed by atoms with Crippen molar-refractivity contribution >= 4 is 5.78 Å². The predicted molar refractivity (Wildman–Crippen MR) is 138 cm³/mol. The van der Waals surface area contributed by atoms with Gasteiger partial charge in [-0.2, -0.15) is 0 Å². The van der Waals surface area contributed by atoms with Gasteiger partial charge in [0.2, 0.25) is 0 Å². The molecule has 0 bridgehead atoms. The van der Waals surface area contributed by atoms with Crippen LogP contribution in [-0.4, -0.2) is 25.8 Å². The van der Waals surface area contributed by atoms with Crippen molar-refractivity contribution in [1.82, 2.24) is 20.0 Å². The van der Waals surface area contributed by atoms with Gasteiger partial charge in [-0.15, -0.1) is 5.10 Å². The summed E-state index contributed by atoms with van der Waals surface area (Å²) >= 11 is 0. The number of aryl methyl sites for hydroxylation is 1. The van der Waals surface area contributed by atoms with Crippen LogP contribution in [0.25, 0.3) is 28.1 Å². The number of hydrogen-bond acceptors (Lipinski definition) is 4. The fourth-order valence-corrected chi connectivity index (χ4v) is 4.20. The predicted octanol–water partition coefficient (Wildman–Crippen LogP) is 6.59. The summed E-state index contributed by atoms with van der Waals surface area (Å²) in [6, 6.07) is 30.2. The maximum atomic E-state index is 12.9. The number of carbonyl (C=O) groups excluding carboxylic acids is 1. The SMILES string of the molecule is O=C(CCCCc1ccc(-n2cc(-c3cccnc3)nn2)cc1)c1ccccc1-c1ccccc1. The normalized spacial score (nSPS) is 10.9. The first-order valence-electron chi connectivity index (χ1n) is 11.9. The Kier molecular flexibility index (Phi) is 6.85. The van der Waals surface area contributed by atoms with E-state index in [1.54, 1.807) is 17.1 Å². The lowest BCUT2D eigenvalue weighted by Crippen LogP contribution is -2.02. The summed E-state index contributed by atoms with van der Waals surface area (Å²) in [4.78, 5) is 17.1. The smallest absolute Gasteiger partial charge is 0.163 e. The van der Waals surface area contributed by atoms with Crippen LogP contribution in [0, 0.1) is 0 Å². The molecule has 0 aliphatic rings. The van der Waals surface area contributed by atoms with Crippen LogP contribution < -0.4 is 0 Å². The van der Waals surface area contributed by atoms with Gasteiger partial charge in [0.15, 0.2) is 5.78 Å². The molecule has 0 N–H and O–H groups in total. The van der Waals surface area contributed by atoms with Gasteiger partial charge in [0.25, 0.3) is 0 Å². The van der Waals surface area contributed by atoms with Crippen molar-refractivity contribution in [2.24, 2.45) is 0 Å². The Labute approximate surface area is 205 Å². The van der Waals surface area contributed by atoms with E-state index in [4.69, 9.17) is 0 Å². The number of nitrogens with zero attached hydrogens (tertiary/aromatic N) is 4. The second kappa shape index (κ2) is 10.7. The van der Waals surface area contributed by atoms with Gasteiger partial charge in [0.05, 0.1) is 11.9 Å². The van der Waals surface area contributed by atoms with Crippen LogP contribution in [0.15, 0.2) is 110 Å². The molecule has 0 saturated heterocycles. The third-order valence-corrected chi connectivity index (χ3v) is 6.08. The van der Waals surface area contributed by atoms with Crippen LogP contribution in [0.5, 0.6) is 0 Å². The minimum atomic E-state index is 0.204. The molecule has 0 unspecified atom stereocenters. The first-order valence-corrected chi connectivity index (χ1v) is 11.9. The Balaban J connectivity index is 1.15. The number of pyridine rings is 1. The molecule has 2 heterocycles. The van der Waals surface area contributed by atoms with E-state index in [-0.39, 0.29) is 5.78 Å². The first kappa shape index (κ1) is 22.4. The van der Waals surface area contributed by atoms with Gasteiger partial charge < -0.3 is 0 Å². The molecular formula is C30H26N4O. The Morgan fingerprint density at radius 1 is 0.771 bits per heavy atom. The molecule has 2 aromatic heterocycles. The van der Waals surface area contributed by atoms with E-state index in [1.165, 1.54) is 5.56 Å². The van der Waals surface area contributed by atoms with Crippen molar-refractivity contribution in [2.45, 2.75) is 25.7 Å². The van der Waals surface area contributed by atoms with Gasteiger partial charge in [-0.1, -0.05) is 71.9 Å². The zero-order valence-corrected chi connectivity index (χ0v) is 19.4. The van der Waals surface area contributed by atoms with Gasteiger partial charge in [0.1, 0.15) is 5.69 Å². The van der Waals surface area contributed by atoms with E-state index in [2.05, 4.69) is 51.7 Å². The second-order valence-electron chi connectivity index (χ2n) is 8.50. The van der Waals surface area contributed by atoms with Gasteiger partial charge in [-0.3, -0.25) is 9.78 Å². The molecule has 0 aliphatic heterocycles. The number of carbonyl (C=O) groups is 1. The number of rotatable bonds is 9. The van der Waals surface area contributed by atoms with E-state index in [0.29, 0.717) is 6.42 Å². The zero-order chi connectivity index (χ0) is 23.9. The first-order chi connectivity index (χ1) is 17.3. The summed E-state index contributed by atoms with van der Waals surface area (Å²) in [5.41, 5.74) is 6.84. The summed E-state index contributed by atoms with van der Waals surface area (Å²) < 4.78 is 1.77. The Hall–Kier alpha value is -4.38. The molecule has 0 fully saturated rings. The topological polar surface area (TPSA) is 60.7 Å². The van der Waals surface area contributed by atoms with Crippen LogP contribution in [-0.2, 0) is 6.42 Å². The van der Waals surface area contributed by atoms with Gasteiger partial charge in [-0.25, -0.2) is 4.68 Å². The molecule has 35 heavy (non-hydrogen) atoms. The number of hydrogen-bond donors (Lipinski definition) is 0. The minimum Gasteiger partial charge on any atom is -0.294 e. The molecule has 3 aromatic carbocycles. The van der Waals surface area contributed by atoms with Crippen LogP contribution in [0.4, 0.5) is 0 Å². The van der Waals surface area contributed by atoms with Crippen molar-refractivity contribution < 1.29 is 4.79 Å². The number of ketones is 1. The maximum absolute atomic E-state index is 12.9. The average Bonchev–Trinajstić information content (AvgIpc) is 3.43. The lowest BCUT2D eigenvalue weighted by molar-refractivity contribution is 0.0980. The highest BCUT2D eigenvalue weighted by molar-refractivity contribution is 6.02. The molecule has 5 rings (SSSR count). The molecular weight excluding hydrogens is 432 g/mol. The summed E-state index contributed by atoms with van der Waals surface area (Å²) in [7, 11) is 0. The quantitative estimate of drug-likeness (QED) is 0.185. The fourth-order valence-electron chi connectivity index (χ4n) is 4.20. The summed E-state index contributed by atoms with van der Waals surface area (Å²) in [5.74, 6) is 0.204. The number of Topliss-reactive ketones (excluding diaryl/α,β-unsaturated/α-hetero) is 1. The van der Waals surface area contributed by atoms with Gasteiger partial charge >= 0.3 is 0 Å². The molecule has 0 amide bonds. The maximum Gasteiger partial charge on any atom is 0.163 e. The molecule has 5 nitrogen and oxygen atoms in total. The molecule has 172 valence electrons. The lowest BCUT2D eigenvalue weighted by atomic mass is 9.94. The van der Waals surface area contributed by atoms with Crippen molar-refractivity contribution in [3.8, 4) is 28.1 Å². The number of benzene rings is 3. The Morgan fingerprint density at radius 3 is 2.34 bits per heavy atom. The van der Waals surface area contributed by atoms with Crippen molar-refractivity contribution in [3.63, 3.8) is 0 Å². The molecule has 0 saturated carbocycles. The summed E-state index contributed by atoms with van der Waals surface area (Å²) in [5, 5.41) is 8.50. The number of aromatic nitrogens is 4. The van der Waals surface area contributed by atoms with Crippen LogP contribution >= 0.6 is 0 Å². The van der Waals surface area contributed by atoms with E-state index >= 15 is 0 Å². The van der Waals surface area contributed by atoms with Gasteiger partial charge in [-0.05, 0) is 60.2 Å². The monoisotopic (exact) mass is 458 g/mol. The fraction of sp³-hybridized carbons (Fsp3) is 0.133. The second-order valence-corrected chi connectivity index (χ2v) is 8.50. The average molecular weight is 459 g/mol. The van der Waals surface area contributed by atoms with E-state index in [9.17, 15) is 4.79 Å². The highest BCUT2D eigenvalue weighted by Crippen LogP contribution is 2.25. The standard InChI is InChI=1S/C30H26N4O/c35-30(28-14-6-5-13-27(28)24-10-2-1-3-11-24)15-7-4-9-23-16-18-26(19-17-23)34-22-29(32-33-34)25-12-8-20-31-21-25/h1-3,5-6,8,10-14,16-22H,4,7,9,15H2. The Morgan fingerprint density at radius 2 is 1.54 bits per heavy atom. The molecule has 0 spiro atoms. The minimum absolute atomic E-state index is 0.204. The molecule has 5 heteroatoms. The summed E-state index contributed by atoms with van der Waals surface area (Å²) in [6.45, 7) is 0. The zero-order valence-electron chi connectivity index (χ0n) is 19.4. The van der Waals surface area contributed by atoms with Crippen LogP contribution in [0.3, 0.4) is 0 Å². The van der Waals surface area contributed by atoms with Crippen LogP contribution in [0.1, 0.15) is 35.2 Å². The van der Waals surface area contributed by atoms with Crippen molar-refractivity contribution in [3.05, 3.63) is 121 Å². The third kappa shape index (κ3) is 5.41. The lowest BCUT2D eigenvalue weighted by Gasteiger charge is -2.09. The van der Waals surface area contributed by atoms with E-state index in [1.807, 2.05) is 60.8 Å².